The maximum Gasteiger partial charge on any atom is 0.199 e. The lowest BCUT2D eigenvalue weighted by Gasteiger charge is -2.23. The van der Waals surface area contributed by atoms with E-state index >= 15 is 0 Å². The highest BCUT2D eigenvalue weighted by Gasteiger charge is 2.14. The van der Waals surface area contributed by atoms with Gasteiger partial charge in [0.25, 0.3) is 0 Å². The summed E-state index contributed by atoms with van der Waals surface area (Å²) in [4.78, 5) is 0. The van der Waals surface area contributed by atoms with Gasteiger partial charge < -0.3 is 9.47 Å². The Morgan fingerprint density at radius 3 is 2.92 bits per heavy atom. The number of hydrogen-bond donors (Lipinski definition) is 0. The van der Waals surface area contributed by atoms with E-state index in [0.717, 1.165) is 25.2 Å². The van der Waals surface area contributed by atoms with Gasteiger partial charge in [-0.2, -0.15) is 0 Å². The Balaban J connectivity index is 1.92. The number of ether oxygens (including phenoxy) is 2. The van der Waals surface area contributed by atoms with E-state index in [0.29, 0.717) is 6.04 Å². The van der Waals surface area contributed by atoms with Crippen molar-refractivity contribution in [2.24, 2.45) is 0 Å². The lowest BCUT2D eigenvalue weighted by Crippen LogP contribution is -2.24. The fourth-order valence-corrected chi connectivity index (χ4v) is 1.41. The molecule has 1 atom stereocenters. The van der Waals surface area contributed by atoms with E-state index in [4.69, 9.17) is 10.8 Å². The molecule has 2 nitrogen and oxygen atoms in total. The molecule has 1 unspecified atom stereocenters. The summed E-state index contributed by atoms with van der Waals surface area (Å²) in [6.07, 6.45) is 3.16. The van der Waals surface area contributed by atoms with Crippen LogP contribution in [0.4, 0.5) is 0 Å². The largest absolute Gasteiger partial charge is 0.465 e. The van der Waals surface area contributed by atoms with E-state index in [-0.39, 0.29) is 6.29 Å². The van der Waals surface area contributed by atoms with Crippen molar-refractivity contribution in [1.82, 2.24) is 0 Å². The summed E-state index contributed by atoms with van der Waals surface area (Å²) in [5, 5.41) is 0. The Hall–Kier alpha value is -1.02. The van der Waals surface area contributed by atoms with Crippen molar-refractivity contribution < 1.29 is 10.8 Å². The molecule has 0 bridgehead atoms. The molecule has 0 aliphatic carbocycles. The Kier molecular flexibility index (Phi) is 2.43. The highest BCUT2D eigenvalue weighted by Crippen LogP contribution is 2.18. The van der Waals surface area contributed by atoms with Crippen LogP contribution in [0.1, 0.15) is 20.6 Å². The summed E-state index contributed by atoms with van der Waals surface area (Å²) >= 11 is 0. The van der Waals surface area contributed by atoms with Crippen molar-refractivity contribution in [2.75, 3.05) is 6.61 Å². The van der Waals surface area contributed by atoms with Crippen LogP contribution in [0.2, 0.25) is 0 Å². The Morgan fingerprint density at radius 1 is 1.38 bits per heavy atom. The molecule has 1 fully saturated rings. The van der Waals surface area contributed by atoms with Crippen LogP contribution >= 0.6 is 0 Å². The van der Waals surface area contributed by atoms with Crippen molar-refractivity contribution in [1.29, 1.82) is 0 Å². The molecule has 2 rings (SSSR count). The molecule has 2 heteroatoms. The van der Waals surface area contributed by atoms with Gasteiger partial charge >= 0.3 is 0 Å². The van der Waals surface area contributed by atoms with E-state index < -0.39 is 0 Å². The van der Waals surface area contributed by atoms with E-state index in [9.17, 15) is 0 Å². The van der Waals surface area contributed by atoms with Crippen LogP contribution in [-0.2, 0) is 4.74 Å². The van der Waals surface area contributed by atoms with Gasteiger partial charge in [-0.15, -0.1) is 0 Å². The SMILES string of the molecule is [2H]c1ccc(OC2CCCCO2)cc1. The van der Waals surface area contributed by atoms with E-state index in [1.54, 1.807) is 24.3 Å². The summed E-state index contributed by atoms with van der Waals surface area (Å²) < 4.78 is 18.4. The molecule has 1 heterocycles. The van der Waals surface area contributed by atoms with Gasteiger partial charge in [0.05, 0.1) is 7.98 Å². The quantitative estimate of drug-likeness (QED) is 0.694. The van der Waals surface area contributed by atoms with E-state index in [1.165, 1.54) is 6.42 Å². The van der Waals surface area contributed by atoms with Crippen molar-refractivity contribution in [2.45, 2.75) is 25.6 Å². The highest BCUT2D eigenvalue weighted by atomic mass is 16.7. The standard InChI is InChI=1S/C11H14O2/c1-2-6-10(7-3-1)13-11-8-4-5-9-12-11/h1-3,6-7,11H,4-5,8-9H2/i1D. The van der Waals surface area contributed by atoms with Gasteiger partial charge in [-0.3, -0.25) is 0 Å². The molecule has 13 heavy (non-hydrogen) atoms. The van der Waals surface area contributed by atoms with E-state index in [2.05, 4.69) is 0 Å². The van der Waals surface area contributed by atoms with Gasteiger partial charge in [-0.25, -0.2) is 0 Å². The molecule has 0 aromatic heterocycles. The molecule has 0 radical (unpaired) electrons. The molecule has 1 aliphatic rings. The lowest BCUT2D eigenvalue weighted by molar-refractivity contribution is -0.105. The maximum absolute atomic E-state index is 7.32. The Bertz CT molecular complexity index is 278. The summed E-state index contributed by atoms with van der Waals surface area (Å²) in [5.74, 6) is 0.785. The second kappa shape index (κ2) is 4.28. The van der Waals surface area contributed by atoms with Crippen LogP contribution in [-0.4, -0.2) is 12.9 Å². The zero-order valence-corrected chi connectivity index (χ0v) is 7.53. The molecule has 0 saturated carbocycles. The average molecular weight is 179 g/mol. The van der Waals surface area contributed by atoms with Crippen molar-refractivity contribution >= 4 is 0 Å². The predicted octanol–water partition coefficient (Wildman–Crippen LogP) is 2.59. The van der Waals surface area contributed by atoms with Gasteiger partial charge in [-0.05, 0) is 25.0 Å². The minimum atomic E-state index is -0.0969. The summed E-state index contributed by atoms with van der Waals surface area (Å²) in [7, 11) is 0. The highest BCUT2D eigenvalue weighted by molar-refractivity contribution is 5.21. The van der Waals surface area contributed by atoms with Crippen LogP contribution in [0.15, 0.2) is 30.3 Å². The molecular weight excluding hydrogens is 164 g/mol. The van der Waals surface area contributed by atoms with Crippen LogP contribution in [0.5, 0.6) is 5.75 Å². The minimum Gasteiger partial charge on any atom is -0.465 e. The lowest BCUT2D eigenvalue weighted by atomic mass is 10.2. The average Bonchev–Trinajstić information content (AvgIpc) is 2.23. The van der Waals surface area contributed by atoms with Gasteiger partial charge in [0.1, 0.15) is 5.75 Å². The third-order valence-corrected chi connectivity index (χ3v) is 2.09. The van der Waals surface area contributed by atoms with Gasteiger partial charge in [-0.1, -0.05) is 18.2 Å². The molecule has 70 valence electrons. The summed E-state index contributed by atoms with van der Waals surface area (Å²) in [6.45, 7) is 0.793. The Labute approximate surface area is 79.9 Å². The van der Waals surface area contributed by atoms with Crippen molar-refractivity contribution in [3.05, 3.63) is 30.3 Å². The van der Waals surface area contributed by atoms with Crippen LogP contribution in [0, 0.1) is 0 Å². The second-order valence-electron chi connectivity index (χ2n) is 3.15. The fourth-order valence-electron chi connectivity index (χ4n) is 1.41. The number of benzene rings is 1. The van der Waals surface area contributed by atoms with Crippen molar-refractivity contribution in [3.8, 4) is 5.75 Å². The third kappa shape index (κ3) is 2.46. The normalized spacial score (nSPS) is 23.7. The molecule has 0 amide bonds. The molecule has 1 aromatic rings. The second-order valence-corrected chi connectivity index (χ2v) is 3.15. The fraction of sp³-hybridized carbons (Fsp3) is 0.455. The first-order chi connectivity index (χ1) is 6.84. The monoisotopic (exact) mass is 179 g/mol. The first-order valence-electron chi connectivity index (χ1n) is 5.19. The minimum absolute atomic E-state index is 0.0969. The maximum atomic E-state index is 7.32. The Morgan fingerprint density at radius 2 is 2.23 bits per heavy atom. The predicted molar refractivity (Wildman–Crippen MR) is 50.7 cm³/mol. The van der Waals surface area contributed by atoms with Gasteiger partial charge in [0.15, 0.2) is 6.29 Å². The molecule has 1 aromatic carbocycles. The number of para-hydroxylation sites is 1. The summed E-state index contributed by atoms with van der Waals surface area (Å²) in [5.41, 5.74) is 0. The third-order valence-electron chi connectivity index (χ3n) is 2.09. The first kappa shape index (κ1) is 7.39. The first-order valence-corrected chi connectivity index (χ1v) is 4.69. The molecule has 1 saturated heterocycles. The number of hydrogen-bond acceptors (Lipinski definition) is 2. The van der Waals surface area contributed by atoms with Gasteiger partial charge in [0.2, 0.25) is 0 Å². The van der Waals surface area contributed by atoms with Crippen LogP contribution in [0.3, 0.4) is 0 Å². The topological polar surface area (TPSA) is 18.5 Å². The van der Waals surface area contributed by atoms with Crippen LogP contribution < -0.4 is 4.74 Å². The molecule has 0 spiro atoms. The number of rotatable bonds is 2. The van der Waals surface area contributed by atoms with Crippen molar-refractivity contribution in [3.63, 3.8) is 0 Å². The zero-order chi connectivity index (χ0) is 9.80. The van der Waals surface area contributed by atoms with Crippen LogP contribution in [0.25, 0.3) is 0 Å². The smallest absolute Gasteiger partial charge is 0.199 e. The van der Waals surface area contributed by atoms with E-state index in [1.807, 2.05) is 0 Å². The molecule has 1 aliphatic heterocycles. The molecule has 0 N–H and O–H groups in total. The summed E-state index contributed by atoms with van der Waals surface area (Å²) in [6, 6.07) is 7.55. The molecular formula is C11H14O2. The zero-order valence-electron chi connectivity index (χ0n) is 8.53. The van der Waals surface area contributed by atoms with Gasteiger partial charge in [0, 0.05) is 6.42 Å².